The highest BCUT2D eigenvalue weighted by molar-refractivity contribution is 9.10. The predicted molar refractivity (Wildman–Crippen MR) is 118 cm³/mol. The fourth-order valence-corrected chi connectivity index (χ4v) is 3.17. The van der Waals surface area contributed by atoms with Crippen molar-refractivity contribution < 1.29 is 4.74 Å². The Labute approximate surface area is 177 Å². The quantitative estimate of drug-likeness (QED) is 0.434. The van der Waals surface area contributed by atoms with Crippen LogP contribution in [0.15, 0.2) is 64.2 Å². The molecule has 0 spiro atoms. The molecule has 4 rings (SSSR count). The largest absolute Gasteiger partial charge is 0.378 e. The first-order chi connectivity index (χ1) is 14.3. The smallest absolute Gasteiger partial charge is 0.250 e. The van der Waals surface area contributed by atoms with E-state index >= 15 is 0 Å². The van der Waals surface area contributed by atoms with E-state index in [-0.39, 0.29) is 0 Å². The van der Waals surface area contributed by atoms with E-state index in [1.807, 2.05) is 54.6 Å². The van der Waals surface area contributed by atoms with Crippen molar-refractivity contribution in [1.82, 2.24) is 15.0 Å². The molecule has 2 N–H and O–H groups in total. The van der Waals surface area contributed by atoms with E-state index < -0.39 is 0 Å². The number of hydrogen-bond acceptors (Lipinski definition) is 8. The molecule has 0 unspecified atom stereocenters. The lowest BCUT2D eigenvalue weighted by Crippen LogP contribution is -2.37. The normalized spacial score (nSPS) is 14.2. The highest BCUT2D eigenvalue weighted by Crippen LogP contribution is 2.21. The first kappa shape index (κ1) is 19.3. The van der Waals surface area contributed by atoms with E-state index in [1.54, 1.807) is 6.21 Å². The highest BCUT2D eigenvalue weighted by Gasteiger charge is 2.16. The number of rotatable bonds is 6. The second kappa shape index (κ2) is 9.44. The molecule has 2 heterocycles. The van der Waals surface area contributed by atoms with Crippen molar-refractivity contribution >= 4 is 45.7 Å². The Morgan fingerprint density at radius 1 is 0.966 bits per heavy atom. The van der Waals surface area contributed by atoms with Crippen LogP contribution in [-0.2, 0) is 4.74 Å². The second-order valence-electron chi connectivity index (χ2n) is 6.30. The third-order valence-electron chi connectivity index (χ3n) is 4.18. The number of anilines is 4. The van der Waals surface area contributed by atoms with Crippen molar-refractivity contribution in [2.45, 2.75) is 0 Å². The van der Waals surface area contributed by atoms with Gasteiger partial charge in [-0.15, -0.1) is 0 Å². The lowest BCUT2D eigenvalue weighted by atomic mass is 10.2. The Bertz CT molecular complexity index is 978. The monoisotopic (exact) mass is 453 g/mol. The molecule has 0 amide bonds. The summed E-state index contributed by atoms with van der Waals surface area (Å²) < 4.78 is 6.40. The average molecular weight is 454 g/mol. The maximum atomic E-state index is 5.43. The topological polar surface area (TPSA) is 87.6 Å². The van der Waals surface area contributed by atoms with Crippen LogP contribution in [0.1, 0.15) is 5.56 Å². The summed E-state index contributed by atoms with van der Waals surface area (Å²) >= 11 is 3.48. The van der Waals surface area contributed by atoms with E-state index in [2.05, 4.69) is 51.6 Å². The van der Waals surface area contributed by atoms with Gasteiger partial charge in [0, 0.05) is 23.2 Å². The molecule has 0 aliphatic carbocycles. The molecule has 1 saturated heterocycles. The van der Waals surface area contributed by atoms with Crippen molar-refractivity contribution in [2.24, 2.45) is 5.10 Å². The number of halogens is 1. The van der Waals surface area contributed by atoms with Crippen LogP contribution in [0, 0.1) is 0 Å². The number of ether oxygens (including phenoxy) is 1. The second-order valence-corrected chi connectivity index (χ2v) is 7.21. The Balaban J connectivity index is 1.57. The molecule has 0 atom stereocenters. The van der Waals surface area contributed by atoms with Crippen molar-refractivity contribution in [1.29, 1.82) is 0 Å². The molecule has 29 heavy (non-hydrogen) atoms. The van der Waals surface area contributed by atoms with Gasteiger partial charge in [0.05, 0.1) is 19.4 Å². The summed E-state index contributed by atoms with van der Waals surface area (Å²) in [5, 5.41) is 7.48. The number of hydrazone groups is 1. The Morgan fingerprint density at radius 2 is 1.76 bits per heavy atom. The van der Waals surface area contributed by atoms with Crippen LogP contribution in [0.5, 0.6) is 0 Å². The van der Waals surface area contributed by atoms with E-state index in [0.29, 0.717) is 31.1 Å². The number of benzene rings is 2. The van der Waals surface area contributed by atoms with Crippen molar-refractivity contribution in [3.63, 3.8) is 0 Å². The summed E-state index contributed by atoms with van der Waals surface area (Å²) in [5.74, 6) is 1.39. The minimum absolute atomic E-state index is 0.367. The zero-order valence-corrected chi connectivity index (χ0v) is 17.2. The number of aromatic nitrogens is 3. The molecule has 1 aromatic heterocycles. The average Bonchev–Trinajstić information content (AvgIpc) is 2.75. The van der Waals surface area contributed by atoms with Crippen LogP contribution in [-0.4, -0.2) is 47.5 Å². The van der Waals surface area contributed by atoms with E-state index in [4.69, 9.17) is 4.74 Å². The molecule has 1 aliphatic heterocycles. The van der Waals surface area contributed by atoms with Gasteiger partial charge in [-0.25, -0.2) is 5.43 Å². The van der Waals surface area contributed by atoms with Crippen LogP contribution in [0.4, 0.5) is 23.5 Å². The molecule has 1 aliphatic rings. The lowest BCUT2D eigenvalue weighted by molar-refractivity contribution is 0.122. The number of nitrogens with zero attached hydrogens (tertiary/aromatic N) is 5. The first-order valence-corrected chi connectivity index (χ1v) is 10.0. The summed E-state index contributed by atoms with van der Waals surface area (Å²) in [6, 6.07) is 17.6. The fourth-order valence-electron chi connectivity index (χ4n) is 2.77. The molecule has 2 aromatic carbocycles. The molecule has 148 valence electrons. The van der Waals surface area contributed by atoms with Crippen molar-refractivity contribution in [2.75, 3.05) is 41.9 Å². The van der Waals surface area contributed by atoms with Gasteiger partial charge in [-0.05, 0) is 23.8 Å². The maximum Gasteiger partial charge on any atom is 0.250 e. The standard InChI is InChI=1S/C20H20BrN7O/c21-16-7-4-8-17(13-16)23-18-24-19(27-22-14-15-5-2-1-3-6-15)26-20(25-18)28-9-11-29-12-10-28/h1-8,13-14H,9-12H2,(H2,23,24,25,26,27). The molecule has 1 fully saturated rings. The van der Waals surface area contributed by atoms with Crippen molar-refractivity contribution in [3.05, 3.63) is 64.6 Å². The fraction of sp³-hybridized carbons (Fsp3) is 0.200. The molecular formula is C20H20BrN7O. The first-order valence-electron chi connectivity index (χ1n) is 9.22. The molecule has 0 radical (unpaired) electrons. The lowest BCUT2D eigenvalue weighted by Gasteiger charge is -2.27. The van der Waals surface area contributed by atoms with Crippen LogP contribution < -0.4 is 15.6 Å². The van der Waals surface area contributed by atoms with Gasteiger partial charge in [0.2, 0.25) is 17.8 Å². The number of nitrogens with one attached hydrogen (secondary N) is 2. The zero-order chi connectivity index (χ0) is 19.9. The summed E-state index contributed by atoms with van der Waals surface area (Å²) in [5.41, 5.74) is 4.76. The molecule has 8 nitrogen and oxygen atoms in total. The number of morpholine rings is 1. The van der Waals surface area contributed by atoms with E-state index in [1.165, 1.54) is 0 Å². The molecule has 0 bridgehead atoms. The van der Waals surface area contributed by atoms with Gasteiger partial charge < -0.3 is 15.0 Å². The van der Waals surface area contributed by atoms with Gasteiger partial charge in [0.1, 0.15) is 0 Å². The summed E-state index contributed by atoms with van der Waals surface area (Å²) in [7, 11) is 0. The molecule has 0 saturated carbocycles. The van der Waals surface area contributed by atoms with Crippen LogP contribution in [0.3, 0.4) is 0 Å². The number of hydrogen-bond donors (Lipinski definition) is 2. The molecule has 9 heteroatoms. The SMILES string of the molecule is Brc1cccc(Nc2nc(NN=Cc3ccccc3)nc(N3CCOCC3)n2)c1. The van der Waals surface area contributed by atoms with Gasteiger partial charge in [0.15, 0.2) is 0 Å². The summed E-state index contributed by atoms with van der Waals surface area (Å²) in [4.78, 5) is 15.6. The van der Waals surface area contributed by atoms with Gasteiger partial charge >= 0.3 is 0 Å². The third kappa shape index (κ3) is 5.49. The Kier molecular flexibility index (Phi) is 6.28. The van der Waals surface area contributed by atoms with Gasteiger partial charge in [-0.3, -0.25) is 0 Å². The Morgan fingerprint density at radius 3 is 2.55 bits per heavy atom. The van der Waals surface area contributed by atoms with Crippen LogP contribution >= 0.6 is 15.9 Å². The highest BCUT2D eigenvalue weighted by atomic mass is 79.9. The van der Waals surface area contributed by atoms with Crippen molar-refractivity contribution in [3.8, 4) is 0 Å². The predicted octanol–water partition coefficient (Wildman–Crippen LogP) is 3.66. The van der Waals surface area contributed by atoms with E-state index in [0.717, 1.165) is 28.8 Å². The molecular weight excluding hydrogens is 434 g/mol. The summed E-state index contributed by atoms with van der Waals surface area (Å²) in [6.07, 6.45) is 1.72. The van der Waals surface area contributed by atoms with Gasteiger partial charge in [0.25, 0.3) is 0 Å². The minimum atomic E-state index is 0.367. The van der Waals surface area contributed by atoms with Crippen LogP contribution in [0.25, 0.3) is 0 Å². The van der Waals surface area contributed by atoms with Crippen LogP contribution in [0.2, 0.25) is 0 Å². The van der Waals surface area contributed by atoms with Gasteiger partial charge in [-0.1, -0.05) is 52.3 Å². The maximum absolute atomic E-state index is 5.43. The van der Waals surface area contributed by atoms with E-state index in [9.17, 15) is 0 Å². The summed E-state index contributed by atoms with van der Waals surface area (Å²) in [6.45, 7) is 2.75. The molecule has 3 aromatic rings. The zero-order valence-electron chi connectivity index (χ0n) is 15.6. The Hall–Kier alpha value is -3.04. The minimum Gasteiger partial charge on any atom is -0.378 e. The third-order valence-corrected chi connectivity index (χ3v) is 4.67. The van der Waals surface area contributed by atoms with Gasteiger partial charge in [-0.2, -0.15) is 20.1 Å².